The van der Waals surface area contributed by atoms with Crippen LogP contribution in [0.5, 0.6) is 5.75 Å². The molecule has 9 nitrogen and oxygen atoms in total. The van der Waals surface area contributed by atoms with Crippen molar-refractivity contribution in [3.05, 3.63) is 51.8 Å². The summed E-state index contributed by atoms with van der Waals surface area (Å²) in [5.41, 5.74) is 4.57. The van der Waals surface area contributed by atoms with Gasteiger partial charge in [0.2, 0.25) is 5.78 Å². The van der Waals surface area contributed by atoms with E-state index in [0.29, 0.717) is 25.2 Å². The summed E-state index contributed by atoms with van der Waals surface area (Å²) in [6.07, 6.45) is 3.06. The minimum atomic E-state index is -2.55. The Kier molecular flexibility index (Phi) is 4.09. The fourth-order valence-corrected chi connectivity index (χ4v) is 6.36. The summed E-state index contributed by atoms with van der Waals surface area (Å²) in [4.78, 5) is 37.7. The zero-order valence-electron chi connectivity index (χ0n) is 18.1. The molecular formula is C25H23NO8. The van der Waals surface area contributed by atoms with Gasteiger partial charge in [0.15, 0.2) is 11.4 Å². The zero-order chi connectivity index (χ0) is 24.2. The Morgan fingerprint density at radius 3 is 2.44 bits per heavy atom. The third-order valence-corrected chi connectivity index (χ3v) is 8.10. The average Bonchev–Trinajstić information content (AvgIpc) is 2.69. The highest BCUT2D eigenvalue weighted by Gasteiger charge is 2.60. The number of Topliss-reactive ketones (excluding diaryl/α,β-unsaturated/α-hetero) is 2. The molecule has 0 radical (unpaired) electrons. The molecule has 5 aliphatic rings. The summed E-state index contributed by atoms with van der Waals surface area (Å²) >= 11 is 0. The Morgan fingerprint density at radius 1 is 1.12 bits per heavy atom. The molecule has 4 aliphatic carbocycles. The summed E-state index contributed by atoms with van der Waals surface area (Å²) in [5.74, 6) is -6.20. The number of phenols is 1. The fraction of sp³-hybridized carbons (Fsp3) is 0.400. The van der Waals surface area contributed by atoms with Gasteiger partial charge in [-0.25, -0.2) is 0 Å². The van der Waals surface area contributed by atoms with Crippen molar-refractivity contribution in [2.75, 3.05) is 13.2 Å². The van der Waals surface area contributed by atoms with Gasteiger partial charge in [-0.1, -0.05) is 12.1 Å². The number of amides is 1. The van der Waals surface area contributed by atoms with Crippen LogP contribution in [0.1, 0.15) is 36.0 Å². The normalized spacial score (nSPS) is 31.3. The van der Waals surface area contributed by atoms with E-state index < -0.39 is 52.0 Å². The number of benzene rings is 1. The van der Waals surface area contributed by atoms with Crippen LogP contribution in [-0.4, -0.2) is 56.7 Å². The zero-order valence-corrected chi connectivity index (χ0v) is 18.1. The number of hydrogen-bond acceptors (Lipinski definition) is 8. The molecule has 1 aromatic rings. The number of primary amides is 1. The SMILES string of the molecule is NC(=O)C1=C(O)C2(O)C(=O)C3=C(O)c4c(O)ccc(C5=CC6(COC6)C5)c4CC3CC2CC1=O. The number of aliphatic hydroxyl groups excluding tert-OH is 2. The number of carbonyl (C=O) groups is 3. The lowest BCUT2D eigenvalue weighted by Gasteiger charge is -2.48. The number of carbonyl (C=O) groups excluding carboxylic acids is 3. The number of ketones is 2. The molecule has 1 saturated carbocycles. The van der Waals surface area contributed by atoms with Crippen molar-refractivity contribution in [1.82, 2.24) is 0 Å². The van der Waals surface area contributed by atoms with Crippen LogP contribution >= 0.6 is 0 Å². The van der Waals surface area contributed by atoms with Crippen LogP contribution in [0.4, 0.5) is 0 Å². The predicted molar refractivity (Wildman–Crippen MR) is 117 cm³/mol. The number of hydrogen-bond donors (Lipinski definition) is 5. The first-order chi connectivity index (χ1) is 16.1. The molecule has 176 valence electrons. The molecule has 1 amide bonds. The summed E-state index contributed by atoms with van der Waals surface area (Å²) < 4.78 is 5.32. The molecule has 3 atom stereocenters. The van der Waals surface area contributed by atoms with Crippen LogP contribution in [0.15, 0.2) is 35.1 Å². The van der Waals surface area contributed by atoms with Crippen molar-refractivity contribution in [2.24, 2.45) is 23.0 Å². The lowest BCUT2D eigenvalue weighted by atomic mass is 9.58. The molecule has 0 aromatic heterocycles. The number of nitrogens with two attached hydrogens (primary N) is 1. The summed E-state index contributed by atoms with van der Waals surface area (Å²) in [6, 6.07) is 3.25. The molecule has 0 bridgehead atoms. The molecule has 6 N–H and O–H groups in total. The van der Waals surface area contributed by atoms with Crippen molar-refractivity contribution in [3.8, 4) is 5.75 Å². The Hall–Kier alpha value is -3.43. The molecule has 1 aromatic carbocycles. The van der Waals surface area contributed by atoms with Gasteiger partial charge in [-0.3, -0.25) is 14.4 Å². The van der Waals surface area contributed by atoms with E-state index in [1.54, 1.807) is 6.07 Å². The first kappa shape index (κ1) is 21.1. The van der Waals surface area contributed by atoms with Crippen LogP contribution in [-0.2, 0) is 25.5 Å². The van der Waals surface area contributed by atoms with Gasteiger partial charge in [-0.05, 0) is 47.9 Å². The number of phenolic OH excluding ortho intramolecular Hbond substituents is 1. The molecule has 1 aliphatic heterocycles. The maximum atomic E-state index is 13.5. The second-order valence-corrected chi connectivity index (χ2v) is 10.1. The summed E-state index contributed by atoms with van der Waals surface area (Å²) in [5, 5.41) is 43.6. The first-order valence-electron chi connectivity index (χ1n) is 11.2. The van der Waals surface area contributed by atoms with Crippen LogP contribution in [0.25, 0.3) is 11.3 Å². The van der Waals surface area contributed by atoms with Crippen molar-refractivity contribution in [3.63, 3.8) is 0 Å². The minimum absolute atomic E-state index is 0.0551. The van der Waals surface area contributed by atoms with E-state index in [0.717, 1.165) is 17.6 Å². The third-order valence-electron chi connectivity index (χ3n) is 8.10. The van der Waals surface area contributed by atoms with Crippen LogP contribution in [0.2, 0.25) is 0 Å². The van der Waals surface area contributed by atoms with E-state index in [9.17, 15) is 34.8 Å². The van der Waals surface area contributed by atoms with Gasteiger partial charge in [0.25, 0.3) is 5.91 Å². The summed E-state index contributed by atoms with van der Waals surface area (Å²) in [7, 11) is 0. The van der Waals surface area contributed by atoms with E-state index in [1.807, 2.05) is 0 Å². The highest BCUT2D eigenvalue weighted by molar-refractivity contribution is 6.22. The van der Waals surface area contributed by atoms with Gasteiger partial charge in [0, 0.05) is 23.3 Å². The van der Waals surface area contributed by atoms with E-state index in [4.69, 9.17) is 10.5 Å². The lowest BCUT2D eigenvalue weighted by Crippen LogP contribution is -2.58. The van der Waals surface area contributed by atoms with Gasteiger partial charge in [-0.2, -0.15) is 0 Å². The molecule has 34 heavy (non-hydrogen) atoms. The average molecular weight is 465 g/mol. The molecule has 1 saturated heterocycles. The van der Waals surface area contributed by atoms with Crippen LogP contribution in [0.3, 0.4) is 0 Å². The standard InChI is InChI=1S/C25H23NO8/c26-23(32)19-16(28)5-12-3-10-4-14-13(11-6-24(7-11)8-34-9-24)1-2-15(27)18(14)20(29)17(10)21(30)25(12,33)22(19)31/h1-2,6,10,12,27,29,31,33H,3-5,7-9H2,(H2,26,32). The molecular weight excluding hydrogens is 442 g/mol. The van der Waals surface area contributed by atoms with Crippen molar-refractivity contribution < 1.29 is 39.5 Å². The molecule has 9 heteroatoms. The second kappa shape index (κ2) is 6.58. The maximum absolute atomic E-state index is 13.5. The first-order valence-corrected chi connectivity index (χ1v) is 11.2. The molecule has 3 unspecified atom stereocenters. The number of aromatic hydroxyl groups is 1. The highest BCUT2D eigenvalue weighted by atomic mass is 16.5. The largest absolute Gasteiger partial charge is 0.508 e. The van der Waals surface area contributed by atoms with Crippen LogP contribution in [0, 0.1) is 17.3 Å². The minimum Gasteiger partial charge on any atom is -0.508 e. The quantitative estimate of drug-likeness (QED) is 0.407. The Bertz CT molecular complexity index is 1310. The van der Waals surface area contributed by atoms with E-state index in [-0.39, 0.29) is 35.1 Å². The topological polar surface area (TPSA) is 167 Å². The van der Waals surface area contributed by atoms with E-state index in [1.165, 1.54) is 6.07 Å². The molecule has 2 fully saturated rings. The number of allylic oxidation sites excluding steroid dienone is 1. The van der Waals surface area contributed by atoms with E-state index >= 15 is 0 Å². The van der Waals surface area contributed by atoms with Gasteiger partial charge >= 0.3 is 0 Å². The number of fused-ring (bicyclic) bond motifs is 3. The Balaban J connectivity index is 1.49. The third kappa shape index (κ3) is 2.48. The lowest BCUT2D eigenvalue weighted by molar-refractivity contribution is -0.147. The van der Waals surface area contributed by atoms with Gasteiger partial charge < -0.3 is 30.9 Å². The van der Waals surface area contributed by atoms with Crippen LogP contribution < -0.4 is 5.73 Å². The Labute approximate surface area is 193 Å². The highest BCUT2D eigenvalue weighted by Crippen LogP contribution is 2.55. The van der Waals surface area contributed by atoms with Gasteiger partial charge in [0.1, 0.15) is 22.8 Å². The molecule has 1 heterocycles. The molecule has 6 rings (SSSR count). The second-order valence-electron chi connectivity index (χ2n) is 10.1. The smallest absolute Gasteiger partial charge is 0.255 e. The fourth-order valence-electron chi connectivity index (χ4n) is 6.36. The molecule has 1 spiro atoms. The van der Waals surface area contributed by atoms with Crippen molar-refractivity contribution >= 4 is 28.8 Å². The predicted octanol–water partition coefficient (Wildman–Crippen LogP) is 1.23. The van der Waals surface area contributed by atoms with Crippen molar-refractivity contribution in [2.45, 2.75) is 31.3 Å². The maximum Gasteiger partial charge on any atom is 0.255 e. The van der Waals surface area contributed by atoms with E-state index in [2.05, 4.69) is 6.08 Å². The monoisotopic (exact) mass is 465 g/mol. The van der Waals surface area contributed by atoms with Gasteiger partial charge in [-0.15, -0.1) is 0 Å². The number of aliphatic hydroxyl groups is 3. The Morgan fingerprint density at radius 2 is 1.82 bits per heavy atom. The number of ether oxygens (including phenoxy) is 1. The van der Waals surface area contributed by atoms with Gasteiger partial charge in [0.05, 0.1) is 18.8 Å². The number of rotatable bonds is 2. The van der Waals surface area contributed by atoms with Crippen molar-refractivity contribution in [1.29, 1.82) is 0 Å². The summed E-state index contributed by atoms with van der Waals surface area (Å²) in [6.45, 7) is 1.34.